The molecule has 2 heterocycles. The van der Waals surface area contributed by atoms with Gasteiger partial charge in [0.05, 0.1) is 12.1 Å². The highest BCUT2D eigenvalue weighted by Gasteiger charge is 2.49. The van der Waals surface area contributed by atoms with Crippen LogP contribution >= 0.6 is 0 Å². The summed E-state index contributed by atoms with van der Waals surface area (Å²) >= 11 is 0. The van der Waals surface area contributed by atoms with Gasteiger partial charge in [0.2, 0.25) is 11.9 Å². The van der Waals surface area contributed by atoms with Crippen LogP contribution in [0.15, 0.2) is 48.5 Å². The molecule has 0 atom stereocenters. The maximum Gasteiger partial charge on any atom is 0.410 e. The molecule has 3 fully saturated rings. The summed E-state index contributed by atoms with van der Waals surface area (Å²) in [6, 6.07) is 13.9. The Hall–Kier alpha value is -3.96. The molecule has 11 heteroatoms. The van der Waals surface area contributed by atoms with E-state index in [0.717, 1.165) is 31.2 Å². The highest BCUT2D eigenvalue weighted by Crippen LogP contribution is 2.46. The average Bonchev–Trinajstić information content (AvgIpc) is 3.38. The number of nitrogens with one attached hydrogen (secondary N) is 1. The fraction of sp³-hybridized carbons (Fsp3) is 0.452. The van der Waals surface area contributed by atoms with Gasteiger partial charge in [-0.1, -0.05) is 36.4 Å². The molecule has 2 saturated carbocycles. The summed E-state index contributed by atoms with van der Waals surface area (Å²) in [5.41, 5.74) is 7.55. The molecule has 42 heavy (non-hydrogen) atoms. The summed E-state index contributed by atoms with van der Waals surface area (Å²) < 4.78 is 20.0. The standard InChI is InChI=1S/C31H35FN6O4/c1-30(41)17-31(33,18-30)21-10-8-20(9-11-21)26-27(23-4-2-3-5-24(23)32)35-28(37-36-26)34-25(39)16-19-6-12-22(13-7-19)38-14-15-42-29(38)40/h2-5,8-11,19,22,41H,6-7,12-18,33H2,1H3,(H,34,35,37,39)/t19?,22?,30-,31-. The zero-order valence-corrected chi connectivity index (χ0v) is 23.6. The molecule has 0 unspecified atom stereocenters. The molecule has 1 aromatic heterocycles. The number of halogens is 1. The number of cyclic esters (lactones) is 1. The number of carbonyl (C=O) groups excluding carboxylic acids is 2. The molecule has 4 N–H and O–H groups in total. The number of aromatic nitrogens is 3. The average molecular weight is 575 g/mol. The number of amides is 2. The number of aliphatic hydroxyl groups is 1. The van der Waals surface area contributed by atoms with E-state index in [1.165, 1.54) is 6.07 Å². The zero-order chi connectivity index (χ0) is 29.5. The van der Waals surface area contributed by atoms with Gasteiger partial charge in [-0.25, -0.2) is 14.2 Å². The lowest BCUT2D eigenvalue weighted by atomic mass is 9.63. The molecule has 6 rings (SSSR count). The van der Waals surface area contributed by atoms with Gasteiger partial charge in [0, 0.05) is 29.1 Å². The van der Waals surface area contributed by atoms with Crippen LogP contribution in [-0.4, -0.2) is 62.0 Å². The van der Waals surface area contributed by atoms with Crippen molar-refractivity contribution in [3.63, 3.8) is 0 Å². The van der Waals surface area contributed by atoms with Crippen molar-refractivity contribution in [2.75, 3.05) is 18.5 Å². The molecular formula is C31H35FN6O4. The van der Waals surface area contributed by atoms with Crippen molar-refractivity contribution in [2.45, 2.75) is 69.1 Å². The second-order valence-corrected chi connectivity index (χ2v) is 12.1. The number of ether oxygens (including phenoxy) is 1. The van der Waals surface area contributed by atoms with Crippen molar-refractivity contribution in [3.05, 3.63) is 59.9 Å². The molecule has 220 valence electrons. The molecule has 2 amide bonds. The first-order chi connectivity index (χ1) is 20.1. The molecule has 0 spiro atoms. The lowest BCUT2D eigenvalue weighted by molar-refractivity contribution is -0.117. The zero-order valence-electron chi connectivity index (χ0n) is 23.6. The molecule has 2 aliphatic carbocycles. The second kappa shape index (κ2) is 11.0. The van der Waals surface area contributed by atoms with Crippen molar-refractivity contribution in [3.8, 4) is 22.5 Å². The minimum atomic E-state index is -0.774. The van der Waals surface area contributed by atoms with Crippen LogP contribution in [0.4, 0.5) is 15.1 Å². The van der Waals surface area contributed by atoms with Crippen LogP contribution in [0, 0.1) is 11.7 Å². The van der Waals surface area contributed by atoms with Crippen LogP contribution in [0.25, 0.3) is 22.5 Å². The fourth-order valence-corrected chi connectivity index (χ4v) is 6.72. The third kappa shape index (κ3) is 5.71. The number of nitrogens with two attached hydrogens (primary N) is 1. The SMILES string of the molecule is C[C@]1(O)C[C@@](N)(c2ccc(-c3nnc(NC(=O)CC4CCC(N5CCOC5=O)CC4)nc3-c3ccccc3F)cc2)C1. The molecule has 2 aromatic carbocycles. The Bertz CT molecular complexity index is 1480. The number of carbonyl (C=O) groups is 2. The van der Waals surface area contributed by atoms with E-state index in [0.29, 0.717) is 43.7 Å². The number of hydrogen-bond donors (Lipinski definition) is 3. The molecule has 1 aliphatic heterocycles. The van der Waals surface area contributed by atoms with E-state index in [4.69, 9.17) is 10.5 Å². The minimum absolute atomic E-state index is 0.00438. The summed E-state index contributed by atoms with van der Waals surface area (Å²) in [5, 5.41) is 21.5. The molecule has 3 aliphatic rings. The highest BCUT2D eigenvalue weighted by molar-refractivity contribution is 5.89. The van der Waals surface area contributed by atoms with Gasteiger partial charge < -0.3 is 20.5 Å². The summed E-state index contributed by atoms with van der Waals surface area (Å²) in [5.74, 6) is -0.516. The third-order valence-corrected chi connectivity index (χ3v) is 8.72. The van der Waals surface area contributed by atoms with Gasteiger partial charge in [-0.3, -0.25) is 10.1 Å². The van der Waals surface area contributed by atoms with E-state index in [1.807, 2.05) is 24.3 Å². The van der Waals surface area contributed by atoms with E-state index >= 15 is 0 Å². The van der Waals surface area contributed by atoms with Crippen molar-refractivity contribution in [1.82, 2.24) is 20.1 Å². The first kappa shape index (κ1) is 28.2. The fourth-order valence-electron chi connectivity index (χ4n) is 6.72. The van der Waals surface area contributed by atoms with Gasteiger partial charge in [0.15, 0.2) is 0 Å². The van der Waals surface area contributed by atoms with Crippen molar-refractivity contribution in [1.29, 1.82) is 0 Å². The number of benzene rings is 2. The molecule has 3 aromatic rings. The summed E-state index contributed by atoms with van der Waals surface area (Å²) in [6.45, 7) is 2.83. The van der Waals surface area contributed by atoms with Crippen LogP contribution in [0.3, 0.4) is 0 Å². The number of anilines is 1. The van der Waals surface area contributed by atoms with Gasteiger partial charge in [0.25, 0.3) is 0 Å². The Morgan fingerprint density at radius 1 is 1.10 bits per heavy atom. The largest absolute Gasteiger partial charge is 0.448 e. The van der Waals surface area contributed by atoms with E-state index in [-0.39, 0.29) is 41.2 Å². The van der Waals surface area contributed by atoms with Crippen LogP contribution in [0.2, 0.25) is 0 Å². The topological polar surface area (TPSA) is 144 Å². The Labute approximate surface area is 243 Å². The smallest absolute Gasteiger partial charge is 0.410 e. The van der Waals surface area contributed by atoms with Gasteiger partial charge in [-0.15, -0.1) is 10.2 Å². The third-order valence-electron chi connectivity index (χ3n) is 8.72. The lowest BCUT2D eigenvalue weighted by Gasteiger charge is -2.49. The molecule has 1 saturated heterocycles. The maximum absolute atomic E-state index is 14.9. The van der Waals surface area contributed by atoms with Crippen LogP contribution in [0.1, 0.15) is 57.4 Å². The van der Waals surface area contributed by atoms with Gasteiger partial charge in [0.1, 0.15) is 23.8 Å². The quantitative estimate of drug-likeness (QED) is 0.377. The molecule has 0 radical (unpaired) electrons. The van der Waals surface area contributed by atoms with E-state index in [2.05, 4.69) is 20.5 Å². The predicted octanol–water partition coefficient (Wildman–Crippen LogP) is 4.38. The Morgan fingerprint density at radius 3 is 2.45 bits per heavy atom. The summed E-state index contributed by atoms with van der Waals surface area (Å²) in [4.78, 5) is 31.2. The maximum atomic E-state index is 14.9. The lowest BCUT2D eigenvalue weighted by Crippen LogP contribution is -2.58. The van der Waals surface area contributed by atoms with Crippen molar-refractivity contribution in [2.24, 2.45) is 11.7 Å². The van der Waals surface area contributed by atoms with E-state index in [1.54, 1.807) is 30.0 Å². The van der Waals surface area contributed by atoms with Crippen LogP contribution < -0.4 is 11.1 Å². The van der Waals surface area contributed by atoms with Gasteiger partial charge >= 0.3 is 6.09 Å². The Morgan fingerprint density at radius 2 is 1.81 bits per heavy atom. The van der Waals surface area contributed by atoms with E-state index in [9.17, 15) is 19.1 Å². The highest BCUT2D eigenvalue weighted by atomic mass is 19.1. The number of rotatable bonds is 7. The first-order valence-corrected chi connectivity index (χ1v) is 14.5. The predicted molar refractivity (Wildman–Crippen MR) is 153 cm³/mol. The number of hydrogen-bond acceptors (Lipinski definition) is 8. The molecule has 10 nitrogen and oxygen atoms in total. The Kier molecular flexibility index (Phi) is 7.40. The first-order valence-electron chi connectivity index (χ1n) is 14.5. The minimum Gasteiger partial charge on any atom is -0.448 e. The number of nitrogens with zero attached hydrogens (tertiary/aromatic N) is 4. The van der Waals surface area contributed by atoms with Crippen molar-refractivity contribution >= 4 is 17.9 Å². The monoisotopic (exact) mass is 574 g/mol. The molecule has 0 bridgehead atoms. The van der Waals surface area contributed by atoms with Crippen LogP contribution in [-0.2, 0) is 15.1 Å². The summed E-state index contributed by atoms with van der Waals surface area (Å²) in [6.07, 6.45) is 4.31. The van der Waals surface area contributed by atoms with Crippen molar-refractivity contribution < 1.29 is 23.8 Å². The van der Waals surface area contributed by atoms with E-state index < -0.39 is 17.0 Å². The van der Waals surface area contributed by atoms with Gasteiger partial charge in [-0.2, -0.15) is 0 Å². The summed E-state index contributed by atoms with van der Waals surface area (Å²) in [7, 11) is 0. The normalized spacial score (nSPS) is 27.3. The second-order valence-electron chi connectivity index (χ2n) is 12.1. The molecular weight excluding hydrogens is 539 g/mol. The Balaban J connectivity index is 1.17. The van der Waals surface area contributed by atoms with Gasteiger partial charge in [-0.05, 0) is 69.1 Å². The van der Waals surface area contributed by atoms with Crippen LogP contribution in [0.5, 0.6) is 0 Å².